The molecule has 0 aliphatic heterocycles. The lowest BCUT2D eigenvalue weighted by molar-refractivity contribution is 0.669. The number of hydrogen-bond donors (Lipinski definition) is 0. The Bertz CT molecular complexity index is 2460. The molecule has 9 rings (SSSR count). The number of fused-ring (bicyclic) bond motifs is 3. The van der Waals surface area contributed by atoms with Crippen LogP contribution in [0.25, 0.3) is 78.6 Å². The van der Waals surface area contributed by atoms with Gasteiger partial charge in [-0.3, -0.25) is 0 Å². The molecule has 3 heterocycles. The van der Waals surface area contributed by atoms with Crippen molar-refractivity contribution in [2.45, 2.75) is 12.3 Å². The highest BCUT2D eigenvalue weighted by molar-refractivity contribution is 6.13. The van der Waals surface area contributed by atoms with Gasteiger partial charge < -0.3 is 4.42 Å². The summed E-state index contributed by atoms with van der Waals surface area (Å²) >= 11 is 0. The number of para-hydroxylation sites is 1. The predicted molar refractivity (Wildman–Crippen MR) is 196 cm³/mol. The maximum atomic E-state index is 6.52. The van der Waals surface area contributed by atoms with Crippen LogP contribution in [0.3, 0.4) is 0 Å². The molecule has 8 aromatic rings. The molecule has 6 nitrogen and oxygen atoms in total. The van der Waals surface area contributed by atoms with E-state index in [9.17, 15) is 0 Å². The Hall–Kier alpha value is -6.53. The lowest BCUT2D eigenvalue weighted by atomic mass is 9.99. The number of furan rings is 1. The third-order valence-corrected chi connectivity index (χ3v) is 8.84. The van der Waals surface area contributed by atoms with E-state index in [1.807, 2.05) is 97.1 Å². The lowest BCUT2D eigenvalue weighted by Gasteiger charge is -2.15. The minimum atomic E-state index is 0.0355. The highest BCUT2D eigenvalue weighted by Crippen LogP contribution is 2.40. The number of benzene rings is 5. The monoisotopic (exact) mass is 631 g/mol. The van der Waals surface area contributed by atoms with Crippen molar-refractivity contribution in [1.29, 1.82) is 0 Å². The van der Waals surface area contributed by atoms with Gasteiger partial charge in [0.05, 0.1) is 11.4 Å². The Kier molecular flexibility index (Phi) is 7.17. The summed E-state index contributed by atoms with van der Waals surface area (Å²) in [5, 5.41) is 1.93. The van der Waals surface area contributed by atoms with Gasteiger partial charge in [-0.1, -0.05) is 133 Å². The number of aromatic nitrogens is 5. The van der Waals surface area contributed by atoms with Crippen molar-refractivity contribution in [3.63, 3.8) is 0 Å². The van der Waals surface area contributed by atoms with Crippen LogP contribution in [0.5, 0.6) is 0 Å². The second kappa shape index (κ2) is 12.2. The van der Waals surface area contributed by atoms with Crippen LogP contribution in [0.2, 0.25) is 0 Å². The van der Waals surface area contributed by atoms with Crippen LogP contribution < -0.4 is 0 Å². The molecule has 49 heavy (non-hydrogen) atoms. The normalized spacial score (nSPS) is 14.1. The van der Waals surface area contributed by atoms with Gasteiger partial charge in [0, 0.05) is 44.5 Å². The van der Waals surface area contributed by atoms with E-state index >= 15 is 0 Å². The van der Waals surface area contributed by atoms with E-state index in [4.69, 9.17) is 29.3 Å². The highest BCUT2D eigenvalue weighted by Gasteiger charge is 2.22. The van der Waals surface area contributed by atoms with E-state index in [2.05, 4.69) is 60.7 Å². The zero-order valence-corrected chi connectivity index (χ0v) is 26.4. The lowest BCUT2D eigenvalue weighted by Crippen LogP contribution is -2.08. The Labute approximate surface area is 283 Å². The summed E-state index contributed by atoms with van der Waals surface area (Å²) in [6, 6.07) is 44.8. The van der Waals surface area contributed by atoms with Gasteiger partial charge in [-0.05, 0) is 30.7 Å². The Morgan fingerprint density at radius 3 is 1.78 bits per heavy atom. The molecular weight excluding hydrogens is 603 g/mol. The zero-order valence-electron chi connectivity index (χ0n) is 26.4. The summed E-state index contributed by atoms with van der Waals surface area (Å²) in [5.41, 5.74) is 7.77. The Balaban J connectivity index is 1.31. The van der Waals surface area contributed by atoms with Crippen LogP contribution in [0, 0.1) is 0 Å². The second-order valence-corrected chi connectivity index (χ2v) is 12.1. The minimum absolute atomic E-state index is 0.0355. The number of hydrogen-bond acceptors (Lipinski definition) is 6. The molecule has 0 radical (unpaired) electrons. The molecule has 1 atom stereocenters. The van der Waals surface area contributed by atoms with Crippen molar-refractivity contribution < 1.29 is 4.42 Å². The molecule has 6 heteroatoms. The van der Waals surface area contributed by atoms with Crippen LogP contribution in [0.4, 0.5) is 0 Å². The van der Waals surface area contributed by atoms with Crippen molar-refractivity contribution in [1.82, 2.24) is 24.9 Å². The standard InChI is InChI=1S/C43H29N5O/c1-5-15-28(16-6-1)35-27-36(29-17-7-2-8-18-29)45-42(44-35)32-25-34(39-33-23-13-14-24-37(33)49-38(39)26-32)43-47-40(30-19-9-3-10-20-30)46-41(48-43)31-21-11-4-12-22-31/h1-21,23-27,31H,22H2. The molecule has 1 unspecified atom stereocenters. The molecule has 1 aliphatic carbocycles. The summed E-state index contributed by atoms with van der Waals surface area (Å²) in [4.78, 5) is 25.5. The molecule has 232 valence electrons. The van der Waals surface area contributed by atoms with Crippen molar-refractivity contribution in [3.05, 3.63) is 164 Å². The third kappa shape index (κ3) is 5.49. The summed E-state index contributed by atoms with van der Waals surface area (Å²) < 4.78 is 6.52. The molecular formula is C43H29N5O. The summed E-state index contributed by atoms with van der Waals surface area (Å²) in [5.74, 6) is 2.55. The van der Waals surface area contributed by atoms with Gasteiger partial charge in [-0.2, -0.15) is 0 Å². The molecule has 1 aliphatic rings. The van der Waals surface area contributed by atoms with Crippen LogP contribution in [-0.4, -0.2) is 24.9 Å². The van der Waals surface area contributed by atoms with Gasteiger partial charge in [-0.25, -0.2) is 24.9 Å². The molecule has 0 saturated carbocycles. The van der Waals surface area contributed by atoms with Gasteiger partial charge in [-0.15, -0.1) is 0 Å². The van der Waals surface area contributed by atoms with E-state index < -0.39 is 0 Å². The molecule has 0 amide bonds. The van der Waals surface area contributed by atoms with Gasteiger partial charge >= 0.3 is 0 Å². The molecule has 0 N–H and O–H groups in total. The van der Waals surface area contributed by atoms with Crippen LogP contribution in [0.15, 0.2) is 162 Å². The Morgan fingerprint density at radius 1 is 0.490 bits per heavy atom. The smallest absolute Gasteiger partial charge is 0.164 e. The fraction of sp³-hybridized carbons (Fsp3) is 0.0465. The van der Waals surface area contributed by atoms with Gasteiger partial charge in [0.2, 0.25) is 0 Å². The summed E-state index contributed by atoms with van der Waals surface area (Å²) in [6.45, 7) is 0. The van der Waals surface area contributed by atoms with Crippen LogP contribution in [-0.2, 0) is 0 Å². The minimum Gasteiger partial charge on any atom is -0.456 e. The molecule has 3 aromatic heterocycles. The molecule has 0 bridgehead atoms. The first kappa shape index (κ1) is 28.7. The average Bonchev–Trinajstić information content (AvgIpc) is 3.57. The van der Waals surface area contributed by atoms with E-state index in [0.717, 1.165) is 67.8 Å². The third-order valence-electron chi connectivity index (χ3n) is 8.84. The van der Waals surface area contributed by atoms with Gasteiger partial charge in [0.15, 0.2) is 17.5 Å². The second-order valence-electron chi connectivity index (χ2n) is 12.1. The summed E-state index contributed by atoms with van der Waals surface area (Å²) in [6.07, 6.45) is 9.25. The maximum Gasteiger partial charge on any atom is 0.164 e. The van der Waals surface area contributed by atoms with E-state index in [1.54, 1.807) is 0 Å². The van der Waals surface area contributed by atoms with Gasteiger partial charge in [0.1, 0.15) is 17.0 Å². The largest absolute Gasteiger partial charge is 0.456 e. The van der Waals surface area contributed by atoms with Gasteiger partial charge in [0.25, 0.3) is 0 Å². The van der Waals surface area contributed by atoms with Crippen molar-refractivity contribution >= 4 is 21.9 Å². The van der Waals surface area contributed by atoms with E-state index in [1.165, 1.54) is 0 Å². The first-order valence-corrected chi connectivity index (χ1v) is 16.4. The van der Waals surface area contributed by atoms with E-state index in [0.29, 0.717) is 23.1 Å². The van der Waals surface area contributed by atoms with Crippen molar-refractivity contribution in [2.75, 3.05) is 0 Å². The molecule has 5 aromatic carbocycles. The SMILES string of the molecule is C1=CCC(c2nc(-c3ccccc3)nc(-c3cc(-c4nc(-c5ccccc5)cc(-c5ccccc5)n4)cc4oc5ccccc5c34)n2)C=C1. The van der Waals surface area contributed by atoms with Crippen molar-refractivity contribution in [3.8, 4) is 56.7 Å². The van der Waals surface area contributed by atoms with Crippen LogP contribution in [0.1, 0.15) is 18.2 Å². The topological polar surface area (TPSA) is 77.6 Å². The maximum absolute atomic E-state index is 6.52. The highest BCUT2D eigenvalue weighted by atomic mass is 16.3. The first-order chi connectivity index (χ1) is 24.3. The van der Waals surface area contributed by atoms with Crippen LogP contribution >= 0.6 is 0 Å². The fourth-order valence-corrected chi connectivity index (χ4v) is 6.42. The first-order valence-electron chi connectivity index (χ1n) is 16.4. The number of rotatable bonds is 6. The number of nitrogens with zero attached hydrogens (tertiary/aromatic N) is 5. The quantitative estimate of drug-likeness (QED) is 0.182. The number of allylic oxidation sites excluding steroid dienone is 4. The predicted octanol–water partition coefficient (Wildman–Crippen LogP) is 10.5. The average molecular weight is 632 g/mol. The summed E-state index contributed by atoms with van der Waals surface area (Å²) in [7, 11) is 0. The molecule has 0 saturated heterocycles. The van der Waals surface area contributed by atoms with E-state index in [-0.39, 0.29) is 5.92 Å². The van der Waals surface area contributed by atoms with Crippen molar-refractivity contribution in [2.24, 2.45) is 0 Å². The zero-order chi connectivity index (χ0) is 32.6. The fourth-order valence-electron chi connectivity index (χ4n) is 6.42. The molecule has 0 spiro atoms. The Morgan fingerprint density at radius 2 is 1.10 bits per heavy atom. The molecule has 0 fully saturated rings.